The summed E-state index contributed by atoms with van der Waals surface area (Å²) in [5.74, 6) is 0. The van der Waals surface area contributed by atoms with E-state index in [4.69, 9.17) is 12.2 Å². The Hall–Kier alpha value is -2.67. The molecular formula is C13H12N6S. The Labute approximate surface area is 121 Å². The van der Waals surface area contributed by atoms with Crippen LogP contribution in [0.1, 0.15) is 11.1 Å². The predicted molar refractivity (Wildman–Crippen MR) is 82.5 cm³/mol. The summed E-state index contributed by atoms with van der Waals surface area (Å²) in [7, 11) is 0. The van der Waals surface area contributed by atoms with Gasteiger partial charge in [-0.3, -0.25) is 20.8 Å². The molecule has 0 fully saturated rings. The molecule has 20 heavy (non-hydrogen) atoms. The molecule has 0 aliphatic carbocycles. The molecular weight excluding hydrogens is 272 g/mol. The van der Waals surface area contributed by atoms with E-state index in [1.165, 1.54) is 0 Å². The van der Waals surface area contributed by atoms with E-state index in [9.17, 15) is 0 Å². The Morgan fingerprint density at radius 2 is 1.25 bits per heavy atom. The Kier molecular flexibility index (Phi) is 5.29. The smallest absolute Gasteiger partial charge is 0.207 e. The van der Waals surface area contributed by atoms with Crippen LogP contribution in [0.4, 0.5) is 0 Å². The third-order valence-electron chi connectivity index (χ3n) is 2.17. The molecule has 100 valence electrons. The fourth-order valence-electron chi connectivity index (χ4n) is 1.25. The van der Waals surface area contributed by atoms with Crippen LogP contribution in [0.15, 0.2) is 59.3 Å². The number of rotatable bonds is 4. The minimum absolute atomic E-state index is 0.306. The van der Waals surface area contributed by atoms with E-state index < -0.39 is 0 Å². The highest BCUT2D eigenvalue weighted by Gasteiger charge is 1.90. The van der Waals surface area contributed by atoms with Crippen LogP contribution in [0.3, 0.4) is 0 Å². The lowest BCUT2D eigenvalue weighted by atomic mass is 10.3. The molecule has 0 aliphatic heterocycles. The van der Waals surface area contributed by atoms with Gasteiger partial charge in [-0.05, 0) is 47.6 Å². The van der Waals surface area contributed by atoms with Gasteiger partial charge < -0.3 is 0 Å². The zero-order valence-corrected chi connectivity index (χ0v) is 11.3. The van der Waals surface area contributed by atoms with Crippen molar-refractivity contribution < 1.29 is 0 Å². The van der Waals surface area contributed by atoms with Crippen molar-refractivity contribution in [2.75, 3.05) is 0 Å². The minimum Gasteiger partial charge on any atom is -0.265 e. The quantitative estimate of drug-likeness (QED) is 0.503. The second-order valence-corrected chi connectivity index (χ2v) is 4.04. The van der Waals surface area contributed by atoms with Crippen molar-refractivity contribution in [3.8, 4) is 0 Å². The van der Waals surface area contributed by atoms with Gasteiger partial charge in [0.25, 0.3) is 0 Å². The van der Waals surface area contributed by atoms with Crippen molar-refractivity contribution in [1.82, 2.24) is 20.8 Å². The maximum Gasteiger partial charge on any atom is 0.207 e. The average Bonchev–Trinajstić information content (AvgIpc) is 2.49. The van der Waals surface area contributed by atoms with Crippen LogP contribution in [0.25, 0.3) is 0 Å². The number of hydrazone groups is 2. The van der Waals surface area contributed by atoms with Crippen LogP contribution in [-0.4, -0.2) is 27.5 Å². The van der Waals surface area contributed by atoms with Crippen molar-refractivity contribution in [2.45, 2.75) is 0 Å². The van der Waals surface area contributed by atoms with E-state index in [2.05, 4.69) is 31.0 Å². The topological polar surface area (TPSA) is 74.6 Å². The zero-order valence-electron chi connectivity index (χ0n) is 10.5. The van der Waals surface area contributed by atoms with Crippen molar-refractivity contribution in [2.24, 2.45) is 10.2 Å². The highest BCUT2D eigenvalue weighted by Crippen LogP contribution is 1.91. The van der Waals surface area contributed by atoms with Crippen LogP contribution in [0.5, 0.6) is 0 Å². The van der Waals surface area contributed by atoms with Crippen molar-refractivity contribution in [1.29, 1.82) is 0 Å². The molecule has 0 amide bonds. The maximum atomic E-state index is 5.01. The van der Waals surface area contributed by atoms with Crippen LogP contribution >= 0.6 is 12.2 Å². The minimum atomic E-state index is 0.306. The summed E-state index contributed by atoms with van der Waals surface area (Å²) in [6, 6.07) is 7.35. The molecule has 6 nitrogen and oxygen atoms in total. The van der Waals surface area contributed by atoms with Gasteiger partial charge in [0.1, 0.15) is 0 Å². The van der Waals surface area contributed by atoms with Crippen LogP contribution < -0.4 is 10.9 Å². The molecule has 2 rings (SSSR count). The molecule has 0 unspecified atom stereocenters. The Morgan fingerprint density at radius 1 is 0.850 bits per heavy atom. The Balaban J connectivity index is 1.76. The molecule has 7 heteroatoms. The van der Waals surface area contributed by atoms with Gasteiger partial charge in [-0.1, -0.05) is 0 Å². The average molecular weight is 284 g/mol. The molecule has 0 saturated heterocycles. The van der Waals surface area contributed by atoms with Gasteiger partial charge in [0.05, 0.1) is 12.4 Å². The number of nitrogens with zero attached hydrogens (tertiary/aromatic N) is 4. The largest absolute Gasteiger partial charge is 0.265 e. The number of hydrogen-bond acceptors (Lipinski definition) is 5. The summed E-state index contributed by atoms with van der Waals surface area (Å²) in [5.41, 5.74) is 7.17. The standard InChI is InChI=1S/C13H12N6S/c20-13(18-16-9-11-1-5-14-6-2-11)19-17-10-12-3-7-15-8-4-12/h1-10H,(H2,18,19,20). The lowest BCUT2D eigenvalue weighted by molar-refractivity contribution is 0.934. The predicted octanol–water partition coefficient (Wildman–Crippen LogP) is 1.31. The summed E-state index contributed by atoms with van der Waals surface area (Å²) in [6.07, 6.45) is 10.0. The number of pyridine rings is 2. The lowest BCUT2D eigenvalue weighted by Gasteiger charge is -2.00. The van der Waals surface area contributed by atoms with Gasteiger partial charge in [-0.2, -0.15) is 10.2 Å². The summed E-state index contributed by atoms with van der Waals surface area (Å²) in [6.45, 7) is 0. The van der Waals surface area contributed by atoms with E-state index >= 15 is 0 Å². The molecule has 2 heterocycles. The summed E-state index contributed by atoms with van der Waals surface area (Å²) in [5, 5.41) is 8.26. The third-order valence-corrected chi connectivity index (χ3v) is 2.35. The first kappa shape index (κ1) is 13.8. The van der Waals surface area contributed by atoms with Gasteiger partial charge in [0.2, 0.25) is 5.11 Å². The van der Waals surface area contributed by atoms with Crippen molar-refractivity contribution in [3.05, 3.63) is 60.2 Å². The van der Waals surface area contributed by atoms with Crippen LogP contribution in [-0.2, 0) is 0 Å². The monoisotopic (exact) mass is 284 g/mol. The molecule has 0 spiro atoms. The number of aromatic nitrogens is 2. The molecule has 0 radical (unpaired) electrons. The summed E-state index contributed by atoms with van der Waals surface area (Å²) in [4.78, 5) is 7.83. The SMILES string of the molecule is S=C(NN=Cc1ccncc1)NN=Cc1ccncc1. The molecule has 0 atom stereocenters. The highest BCUT2D eigenvalue weighted by atomic mass is 32.1. The van der Waals surface area contributed by atoms with Gasteiger partial charge in [0, 0.05) is 24.8 Å². The molecule has 0 bridgehead atoms. The molecule has 2 aromatic heterocycles. The van der Waals surface area contributed by atoms with Gasteiger partial charge in [0.15, 0.2) is 0 Å². The van der Waals surface area contributed by atoms with E-state index in [1.54, 1.807) is 37.2 Å². The van der Waals surface area contributed by atoms with Crippen molar-refractivity contribution >= 4 is 29.8 Å². The highest BCUT2D eigenvalue weighted by molar-refractivity contribution is 7.80. The first-order valence-corrected chi connectivity index (χ1v) is 6.17. The molecule has 2 aromatic rings. The normalized spacial score (nSPS) is 10.8. The first-order valence-electron chi connectivity index (χ1n) is 5.77. The lowest BCUT2D eigenvalue weighted by Crippen LogP contribution is -2.28. The fraction of sp³-hybridized carbons (Fsp3) is 0. The van der Waals surface area contributed by atoms with E-state index in [0.29, 0.717) is 5.11 Å². The third kappa shape index (κ3) is 4.91. The maximum absolute atomic E-state index is 5.01. The number of thiocarbonyl (C=S) groups is 1. The fourth-order valence-corrected chi connectivity index (χ4v) is 1.36. The Bertz CT molecular complexity index is 543. The molecule has 2 N–H and O–H groups in total. The molecule has 0 saturated carbocycles. The summed E-state index contributed by atoms with van der Waals surface area (Å²) < 4.78 is 0. The number of hydrogen-bond donors (Lipinski definition) is 2. The van der Waals surface area contributed by atoms with Gasteiger partial charge >= 0.3 is 0 Å². The van der Waals surface area contributed by atoms with Gasteiger partial charge in [-0.25, -0.2) is 0 Å². The molecule has 0 aliphatic rings. The summed E-state index contributed by atoms with van der Waals surface area (Å²) >= 11 is 5.01. The number of nitrogens with one attached hydrogen (secondary N) is 2. The van der Waals surface area contributed by atoms with Gasteiger partial charge in [-0.15, -0.1) is 0 Å². The van der Waals surface area contributed by atoms with Crippen LogP contribution in [0.2, 0.25) is 0 Å². The first-order chi connectivity index (χ1) is 9.84. The van der Waals surface area contributed by atoms with E-state index in [0.717, 1.165) is 11.1 Å². The van der Waals surface area contributed by atoms with Crippen molar-refractivity contribution in [3.63, 3.8) is 0 Å². The Morgan fingerprint density at radius 3 is 1.65 bits per heavy atom. The van der Waals surface area contributed by atoms with E-state index in [-0.39, 0.29) is 0 Å². The van der Waals surface area contributed by atoms with Crippen LogP contribution in [0, 0.1) is 0 Å². The van der Waals surface area contributed by atoms with E-state index in [1.807, 2.05) is 24.3 Å². The zero-order chi connectivity index (χ0) is 14.0. The second kappa shape index (κ2) is 7.70. The molecule has 0 aromatic carbocycles. The second-order valence-electron chi connectivity index (χ2n) is 3.63.